The van der Waals surface area contributed by atoms with Crippen LogP contribution in [0.5, 0.6) is 0 Å². The number of nitrogens with one attached hydrogen (secondary N) is 2. The van der Waals surface area contributed by atoms with E-state index in [1.807, 2.05) is 58.9 Å². The van der Waals surface area contributed by atoms with Crippen molar-refractivity contribution in [3.63, 3.8) is 0 Å². The summed E-state index contributed by atoms with van der Waals surface area (Å²) >= 11 is 0. The van der Waals surface area contributed by atoms with Crippen LogP contribution in [0.15, 0.2) is 24.3 Å². The number of hydrogen-bond acceptors (Lipinski definition) is 7. The minimum atomic E-state index is -0.686. The van der Waals surface area contributed by atoms with Crippen LogP contribution in [0.2, 0.25) is 0 Å². The Morgan fingerprint density at radius 2 is 1.87 bits per heavy atom. The van der Waals surface area contributed by atoms with E-state index in [0.29, 0.717) is 39.0 Å². The number of amides is 4. The number of rotatable bonds is 8. The fourth-order valence-electron chi connectivity index (χ4n) is 3.74. The number of benzene rings is 1. The van der Waals surface area contributed by atoms with Crippen LogP contribution in [-0.4, -0.2) is 66.8 Å². The van der Waals surface area contributed by atoms with Gasteiger partial charge in [-0.25, -0.2) is 9.59 Å². The first-order valence-corrected chi connectivity index (χ1v) is 13.1. The van der Waals surface area contributed by atoms with Gasteiger partial charge in [-0.05, 0) is 51.3 Å². The van der Waals surface area contributed by atoms with Crippen LogP contribution in [-0.2, 0) is 23.8 Å². The zero-order valence-electron chi connectivity index (χ0n) is 22.9. The minimum Gasteiger partial charge on any atom is -0.444 e. The number of imide groups is 1. The summed E-state index contributed by atoms with van der Waals surface area (Å²) in [6.45, 7) is 11.2. The Balaban J connectivity index is 0.00000247. The van der Waals surface area contributed by atoms with E-state index in [1.165, 1.54) is 4.90 Å². The fraction of sp³-hybridized carbons (Fsp3) is 0.571. The van der Waals surface area contributed by atoms with Gasteiger partial charge in [0.15, 0.2) is 0 Å². The molecule has 2 aliphatic heterocycles. The van der Waals surface area contributed by atoms with Crippen molar-refractivity contribution >= 4 is 24.0 Å². The van der Waals surface area contributed by atoms with Gasteiger partial charge in [0.25, 0.3) is 0 Å². The summed E-state index contributed by atoms with van der Waals surface area (Å²) in [4.78, 5) is 48.6. The van der Waals surface area contributed by atoms with Crippen molar-refractivity contribution in [1.29, 1.82) is 0 Å². The monoisotopic (exact) mass is 529 g/mol. The lowest BCUT2D eigenvalue weighted by Crippen LogP contribution is -2.52. The van der Waals surface area contributed by atoms with Crippen molar-refractivity contribution in [2.45, 2.75) is 78.0 Å². The highest BCUT2D eigenvalue weighted by Crippen LogP contribution is 2.29. The van der Waals surface area contributed by atoms with E-state index in [0.717, 1.165) is 11.1 Å². The van der Waals surface area contributed by atoms with Gasteiger partial charge in [-0.2, -0.15) is 0 Å². The second-order valence-corrected chi connectivity index (χ2v) is 9.56. The molecule has 2 fully saturated rings. The van der Waals surface area contributed by atoms with Crippen LogP contribution in [0.3, 0.4) is 0 Å². The molecule has 10 heteroatoms. The first-order valence-electron chi connectivity index (χ1n) is 13.1. The fourth-order valence-corrected chi connectivity index (χ4v) is 3.74. The van der Waals surface area contributed by atoms with Gasteiger partial charge in [-0.3, -0.25) is 19.8 Å². The SMILES string of the molecule is CC.CC(C)(C)OC(=O)NCCCOCCC#Cc1ccc(C2CN(C3CCC(=O)NC3=O)C(=O)O2)cc1. The van der Waals surface area contributed by atoms with E-state index in [1.54, 1.807) is 0 Å². The van der Waals surface area contributed by atoms with Gasteiger partial charge in [0.1, 0.15) is 17.7 Å². The van der Waals surface area contributed by atoms with Crippen molar-refractivity contribution in [3.05, 3.63) is 35.4 Å². The molecule has 4 amide bonds. The molecule has 2 saturated heterocycles. The van der Waals surface area contributed by atoms with E-state index in [-0.39, 0.29) is 18.9 Å². The number of carbonyl (C=O) groups is 4. The standard InChI is InChI=1S/C26H33N3O7.C2H6/c1-26(2,3)36-24(32)27-14-6-16-34-15-5-4-7-18-8-10-19(11-9-18)21-17-29(25(33)35-21)20-12-13-22(30)28-23(20)31;1-2/h8-11,20-21H,5-6,12-17H2,1-3H3,(H,27,32)(H,28,30,31);1-2H3. The van der Waals surface area contributed by atoms with E-state index < -0.39 is 35.8 Å². The molecule has 0 aromatic heterocycles. The van der Waals surface area contributed by atoms with Crippen LogP contribution in [0.1, 0.15) is 77.5 Å². The van der Waals surface area contributed by atoms with Gasteiger partial charge in [0.05, 0.1) is 13.2 Å². The smallest absolute Gasteiger partial charge is 0.411 e. The van der Waals surface area contributed by atoms with Crippen molar-refractivity contribution < 1.29 is 33.4 Å². The van der Waals surface area contributed by atoms with E-state index in [2.05, 4.69) is 22.5 Å². The lowest BCUT2D eigenvalue weighted by Gasteiger charge is -2.27. The summed E-state index contributed by atoms with van der Waals surface area (Å²) in [5.41, 5.74) is 1.13. The quantitative estimate of drug-likeness (QED) is 0.299. The van der Waals surface area contributed by atoms with E-state index >= 15 is 0 Å². The lowest BCUT2D eigenvalue weighted by molar-refractivity contribution is -0.136. The van der Waals surface area contributed by atoms with Crippen LogP contribution in [0.4, 0.5) is 9.59 Å². The van der Waals surface area contributed by atoms with Crippen molar-refractivity contribution in [2.24, 2.45) is 0 Å². The zero-order valence-corrected chi connectivity index (χ0v) is 22.9. The normalized spacial score (nSPS) is 18.9. The molecule has 2 heterocycles. The zero-order chi connectivity index (χ0) is 28.1. The Hall–Kier alpha value is -3.58. The number of carbonyl (C=O) groups excluding carboxylic acids is 4. The van der Waals surface area contributed by atoms with E-state index in [4.69, 9.17) is 14.2 Å². The number of alkyl carbamates (subject to hydrolysis) is 1. The topological polar surface area (TPSA) is 123 Å². The summed E-state index contributed by atoms with van der Waals surface area (Å²) in [6, 6.07) is 6.73. The van der Waals surface area contributed by atoms with Crippen molar-refractivity contribution in [2.75, 3.05) is 26.3 Å². The molecule has 3 rings (SSSR count). The maximum Gasteiger partial charge on any atom is 0.411 e. The molecular formula is C28H39N3O7. The van der Waals surface area contributed by atoms with Gasteiger partial charge in [0.2, 0.25) is 11.8 Å². The molecule has 0 aliphatic carbocycles. The molecule has 1 aromatic rings. The molecule has 10 nitrogen and oxygen atoms in total. The average molecular weight is 530 g/mol. The highest BCUT2D eigenvalue weighted by molar-refractivity contribution is 6.01. The van der Waals surface area contributed by atoms with Gasteiger partial charge >= 0.3 is 12.2 Å². The number of piperidine rings is 1. The van der Waals surface area contributed by atoms with Crippen molar-refractivity contribution in [1.82, 2.24) is 15.5 Å². The first-order chi connectivity index (χ1) is 18.1. The summed E-state index contributed by atoms with van der Waals surface area (Å²) in [6.07, 6.45) is 0.283. The maximum atomic E-state index is 12.3. The molecule has 0 radical (unpaired) electrons. The second kappa shape index (κ2) is 15.0. The van der Waals surface area contributed by atoms with Crippen LogP contribution < -0.4 is 10.6 Å². The van der Waals surface area contributed by atoms with Gasteiger partial charge in [0, 0.05) is 31.6 Å². The van der Waals surface area contributed by atoms with Crippen molar-refractivity contribution in [3.8, 4) is 11.8 Å². The van der Waals surface area contributed by atoms with E-state index in [9.17, 15) is 19.2 Å². The third kappa shape index (κ3) is 10.1. The molecule has 0 spiro atoms. The summed E-state index contributed by atoms with van der Waals surface area (Å²) in [5, 5.41) is 4.95. The minimum absolute atomic E-state index is 0.203. The Morgan fingerprint density at radius 1 is 1.16 bits per heavy atom. The predicted octanol–water partition coefficient (Wildman–Crippen LogP) is 3.68. The Kier molecular flexibility index (Phi) is 12.1. The average Bonchev–Trinajstić information content (AvgIpc) is 3.24. The van der Waals surface area contributed by atoms with Crippen LogP contribution in [0, 0.1) is 11.8 Å². The Morgan fingerprint density at radius 3 is 2.53 bits per heavy atom. The molecule has 0 bridgehead atoms. The molecule has 2 unspecified atom stereocenters. The summed E-state index contributed by atoms with van der Waals surface area (Å²) in [5.74, 6) is 5.35. The molecule has 2 atom stereocenters. The third-order valence-corrected chi connectivity index (χ3v) is 5.45. The largest absolute Gasteiger partial charge is 0.444 e. The molecule has 0 saturated carbocycles. The van der Waals surface area contributed by atoms with Crippen LogP contribution in [0.25, 0.3) is 0 Å². The van der Waals surface area contributed by atoms with Gasteiger partial charge in [-0.1, -0.05) is 37.8 Å². The number of nitrogens with zero attached hydrogens (tertiary/aromatic N) is 1. The summed E-state index contributed by atoms with van der Waals surface area (Å²) < 4.78 is 16.1. The Labute approximate surface area is 224 Å². The number of cyclic esters (lactones) is 1. The first kappa shape index (κ1) is 30.6. The third-order valence-electron chi connectivity index (χ3n) is 5.45. The predicted molar refractivity (Wildman–Crippen MR) is 141 cm³/mol. The molecule has 2 aliphatic rings. The van der Waals surface area contributed by atoms with Gasteiger partial charge in [-0.15, -0.1) is 0 Å². The highest BCUT2D eigenvalue weighted by Gasteiger charge is 2.41. The molecule has 38 heavy (non-hydrogen) atoms. The Bertz CT molecular complexity index is 1020. The molecule has 1 aromatic carbocycles. The summed E-state index contributed by atoms with van der Waals surface area (Å²) in [7, 11) is 0. The highest BCUT2D eigenvalue weighted by atomic mass is 16.6. The second-order valence-electron chi connectivity index (χ2n) is 9.56. The maximum absolute atomic E-state index is 12.3. The van der Waals surface area contributed by atoms with Crippen LogP contribution >= 0.6 is 0 Å². The molecular weight excluding hydrogens is 490 g/mol. The molecule has 2 N–H and O–H groups in total. The molecule has 208 valence electrons. The van der Waals surface area contributed by atoms with Gasteiger partial charge < -0.3 is 19.5 Å². The number of hydrogen-bond donors (Lipinski definition) is 2. The lowest BCUT2D eigenvalue weighted by atomic mass is 10.0. The number of ether oxygens (including phenoxy) is 3.